The van der Waals surface area contributed by atoms with E-state index in [2.05, 4.69) is 13.8 Å². The summed E-state index contributed by atoms with van der Waals surface area (Å²) in [4.78, 5) is 11.6. The summed E-state index contributed by atoms with van der Waals surface area (Å²) in [7, 11) is 1.39. The molecule has 178 valence electrons. The van der Waals surface area contributed by atoms with Crippen LogP contribution in [-0.4, -0.2) is 24.9 Å². The molecule has 2 nitrogen and oxygen atoms in total. The van der Waals surface area contributed by atoms with Gasteiger partial charge in [0.15, 0.2) is 0 Å². The van der Waals surface area contributed by atoms with E-state index in [9.17, 15) is 13.6 Å². The highest BCUT2D eigenvalue weighted by molar-refractivity contribution is 5.69. The summed E-state index contributed by atoms with van der Waals surface area (Å²) < 4.78 is 64.3. The van der Waals surface area contributed by atoms with Crippen LogP contribution >= 0.6 is 0 Å². The van der Waals surface area contributed by atoms with E-state index >= 15 is 8.78 Å². The van der Waals surface area contributed by atoms with Crippen molar-refractivity contribution in [2.75, 3.05) is 7.11 Å². The molecule has 0 radical (unpaired) electrons. The maximum absolute atomic E-state index is 15.7. The van der Waals surface area contributed by atoms with Crippen LogP contribution in [0.2, 0.25) is 0 Å². The zero-order valence-electron chi connectivity index (χ0n) is 19.4. The van der Waals surface area contributed by atoms with Crippen LogP contribution in [0.3, 0.4) is 0 Å². The number of hydrogen-bond donors (Lipinski definition) is 0. The van der Waals surface area contributed by atoms with E-state index in [1.165, 1.54) is 7.11 Å². The molecule has 0 N–H and O–H groups in total. The fraction of sp³-hybridized carbons (Fsp3) is 0.960. The predicted molar refractivity (Wildman–Crippen MR) is 111 cm³/mol. The number of rotatable bonds is 4. The summed E-state index contributed by atoms with van der Waals surface area (Å²) in [6, 6.07) is 0. The minimum atomic E-state index is -2.88. The SMILES string of the molecule is COC(=O)CC[C@@H](C)C1CC[C@H]2[C@H]3[C@H](CC[C@]12C)[C@@]1(C)CCC(F)(F)C[C@H]1CC3(F)F. The molecule has 4 aliphatic rings. The molecule has 4 rings (SSSR count). The smallest absolute Gasteiger partial charge is 0.305 e. The summed E-state index contributed by atoms with van der Waals surface area (Å²) in [5.74, 6) is -6.82. The number of esters is 1. The van der Waals surface area contributed by atoms with Crippen molar-refractivity contribution in [2.45, 2.75) is 96.8 Å². The van der Waals surface area contributed by atoms with Crippen LogP contribution in [0.15, 0.2) is 0 Å². The van der Waals surface area contributed by atoms with Gasteiger partial charge in [0.1, 0.15) is 0 Å². The second-order valence-corrected chi connectivity index (χ2v) is 11.8. The van der Waals surface area contributed by atoms with Gasteiger partial charge in [-0.3, -0.25) is 4.79 Å². The quantitative estimate of drug-likeness (QED) is 0.340. The Bertz CT molecular complexity index is 710. The first-order chi connectivity index (χ1) is 14.3. The van der Waals surface area contributed by atoms with Gasteiger partial charge in [-0.05, 0) is 78.9 Å². The Morgan fingerprint density at radius 3 is 2.32 bits per heavy atom. The van der Waals surface area contributed by atoms with E-state index in [1.807, 2.05) is 6.92 Å². The number of carbonyl (C=O) groups is 1. The van der Waals surface area contributed by atoms with Gasteiger partial charge in [0, 0.05) is 31.6 Å². The Labute approximate surface area is 183 Å². The molecule has 0 aromatic carbocycles. The number of fused-ring (bicyclic) bond motifs is 5. The Balaban J connectivity index is 1.58. The molecular weight excluding hydrogens is 408 g/mol. The molecule has 4 aliphatic carbocycles. The second-order valence-electron chi connectivity index (χ2n) is 11.8. The van der Waals surface area contributed by atoms with E-state index in [0.29, 0.717) is 25.2 Å². The highest BCUT2D eigenvalue weighted by atomic mass is 19.3. The van der Waals surface area contributed by atoms with Crippen LogP contribution in [0.5, 0.6) is 0 Å². The van der Waals surface area contributed by atoms with Crippen molar-refractivity contribution in [2.24, 2.45) is 46.3 Å². The van der Waals surface area contributed by atoms with Crippen molar-refractivity contribution in [3.63, 3.8) is 0 Å². The van der Waals surface area contributed by atoms with E-state index in [-0.39, 0.29) is 48.4 Å². The van der Waals surface area contributed by atoms with E-state index in [4.69, 9.17) is 4.74 Å². The lowest BCUT2D eigenvalue weighted by molar-refractivity contribution is -0.249. The average molecular weight is 447 g/mol. The first-order valence-electron chi connectivity index (χ1n) is 12.2. The van der Waals surface area contributed by atoms with Gasteiger partial charge < -0.3 is 4.74 Å². The summed E-state index contributed by atoms with van der Waals surface area (Å²) in [5.41, 5.74) is -0.564. The summed E-state index contributed by atoms with van der Waals surface area (Å²) in [6.45, 7) is 6.38. The predicted octanol–water partition coefficient (Wildman–Crippen LogP) is 7.12. The number of carbonyl (C=O) groups excluding carboxylic acids is 1. The monoisotopic (exact) mass is 446 g/mol. The summed E-state index contributed by atoms with van der Waals surface area (Å²) >= 11 is 0. The lowest BCUT2D eigenvalue weighted by atomic mass is 9.43. The molecule has 6 heteroatoms. The zero-order valence-corrected chi connectivity index (χ0v) is 19.4. The van der Waals surface area contributed by atoms with E-state index in [1.54, 1.807) is 0 Å². The Kier molecular flexibility index (Phi) is 5.74. The molecule has 4 fully saturated rings. The maximum Gasteiger partial charge on any atom is 0.305 e. The third-order valence-corrected chi connectivity index (χ3v) is 10.4. The third-order valence-electron chi connectivity index (χ3n) is 10.4. The molecule has 1 unspecified atom stereocenters. The number of ether oxygens (including phenoxy) is 1. The van der Waals surface area contributed by atoms with Crippen molar-refractivity contribution < 1.29 is 27.1 Å². The second kappa shape index (κ2) is 7.62. The number of methoxy groups -OCH3 is 1. The molecule has 0 saturated heterocycles. The summed E-state index contributed by atoms with van der Waals surface area (Å²) in [6.07, 6.45) is 3.84. The van der Waals surface area contributed by atoms with Crippen LogP contribution in [0.25, 0.3) is 0 Å². The highest BCUT2D eigenvalue weighted by Gasteiger charge is 2.69. The normalized spacial score (nSPS) is 46.4. The lowest BCUT2D eigenvalue weighted by Gasteiger charge is -2.63. The van der Waals surface area contributed by atoms with E-state index in [0.717, 1.165) is 25.7 Å². The van der Waals surface area contributed by atoms with Gasteiger partial charge in [0.05, 0.1) is 7.11 Å². The molecule has 0 aliphatic heterocycles. The lowest BCUT2D eigenvalue weighted by Crippen LogP contribution is -2.61. The number of hydrogen-bond acceptors (Lipinski definition) is 2. The first-order valence-corrected chi connectivity index (χ1v) is 12.2. The van der Waals surface area contributed by atoms with Crippen molar-refractivity contribution in [3.8, 4) is 0 Å². The fourth-order valence-electron chi connectivity index (χ4n) is 8.70. The molecule has 8 atom stereocenters. The van der Waals surface area contributed by atoms with E-state index < -0.39 is 29.1 Å². The third kappa shape index (κ3) is 3.72. The van der Waals surface area contributed by atoms with Crippen molar-refractivity contribution in [3.05, 3.63) is 0 Å². The average Bonchev–Trinajstić information content (AvgIpc) is 3.04. The zero-order chi connectivity index (χ0) is 22.8. The van der Waals surface area contributed by atoms with Gasteiger partial charge in [-0.1, -0.05) is 20.8 Å². The van der Waals surface area contributed by atoms with Crippen molar-refractivity contribution in [1.82, 2.24) is 0 Å². The Hall–Kier alpha value is -0.810. The van der Waals surface area contributed by atoms with Gasteiger partial charge in [-0.2, -0.15) is 0 Å². The topological polar surface area (TPSA) is 26.3 Å². The first kappa shape index (κ1) is 23.4. The van der Waals surface area contributed by atoms with Gasteiger partial charge in [0.25, 0.3) is 5.92 Å². The Morgan fingerprint density at radius 1 is 0.968 bits per heavy atom. The van der Waals surface area contributed by atoms with Crippen LogP contribution in [0, 0.1) is 46.3 Å². The Morgan fingerprint density at radius 2 is 1.65 bits per heavy atom. The molecule has 0 heterocycles. The molecule has 0 bridgehead atoms. The highest BCUT2D eigenvalue weighted by Crippen LogP contribution is 2.71. The van der Waals surface area contributed by atoms with Gasteiger partial charge in [0.2, 0.25) is 5.92 Å². The molecule has 0 amide bonds. The van der Waals surface area contributed by atoms with Gasteiger partial charge >= 0.3 is 5.97 Å². The van der Waals surface area contributed by atoms with Crippen molar-refractivity contribution >= 4 is 5.97 Å². The molecule has 31 heavy (non-hydrogen) atoms. The van der Waals surface area contributed by atoms with Gasteiger partial charge in [-0.25, -0.2) is 17.6 Å². The number of alkyl halides is 4. The minimum absolute atomic E-state index is 0.0629. The summed E-state index contributed by atoms with van der Waals surface area (Å²) in [5, 5.41) is 0. The van der Waals surface area contributed by atoms with Crippen LogP contribution in [0.4, 0.5) is 17.6 Å². The largest absolute Gasteiger partial charge is 0.469 e. The minimum Gasteiger partial charge on any atom is -0.469 e. The standard InChI is InChI=1S/C25H38F4O2/c1-15(5-8-20(30)31-4)17-6-7-18-21-19(9-10-23(17,18)3)22(2)11-12-24(26,27)13-16(22)14-25(21,28)29/h15-19,21H,5-14H2,1-4H3/t15-,16+,17?,18+,19+,21+,22+,23-/m1/s1. The molecule has 4 saturated carbocycles. The van der Waals surface area contributed by atoms with Crippen LogP contribution in [0.1, 0.15) is 85.0 Å². The van der Waals surface area contributed by atoms with Crippen LogP contribution < -0.4 is 0 Å². The molecule has 0 aromatic rings. The number of halogens is 4. The molecule has 0 aromatic heterocycles. The molecular formula is C25H38F4O2. The fourth-order valence-corrected chi connectivity index (χ4v) is 8.70. The van der Waals surface area contributed by atoms with Crippen molar-refractivity contribution in [1.29, 1.82) is 0 Å². The maximum atomic E-state index is 15.7. The van der Waals surface area contributed by atoms with Crippen LogP contribution in [-0.2, 0) is 9.53 Å². The molecule has 0 spiro atoms. The van der Waals surface area contributed by atoms with Gasteiger partial charge in [-0.15, -0.1) is 0 Å².